The summed E-state index contributed by atoms with van der Waals surface area (Å²) in [6.45, 7) is 9.31. The zero-order chi connectivity index (χ0) is 22.2. The molecule has 3 rings (SSSR count). The molecule has 0 radical (unpaired) electrons. The largest absolute Gasteiger partial charge is 0.394 e. The van der Waals surface area contributed by atoms with Gasteiger partial charge in [0.05, 0.1) is 12.6 Å². The fourth-order valence-corrected chi connectivity index (χ4v) is 5.71. The molecule has 0 saturated carbocycles. The summed E-state index contributed by atoms with van der Waals surface area (Å²) in [5.74, 6) is -0.724. The molecule has 1 aromatic rings. The first-order valence-corrected chi connectivity index (χ1v) is 11.3. The third-order valence-electron chi connectivity index (χ3n) is 6.15. The molecule has 8 heteroatoms. The lowest BCUT2D eigenvalue weighted by atomic mass is 9.99. The van der Waals surface area contributed by atoms with E-state index in [0.29, 0.717) is 5.56 Å². The fourth-order valence-electron chi connectivity index (χ4n) is 4.12. The molecular weight excluding hydrogens is 402 g/mol. The second-order valence-corrected chi connectivity index (χ2v) is 10.4. The molecule has 1 fully saturated rings. The van der Waals surface area contributed by atoms with Gasteiger partial charge in [0.1, 0.15) is 17.5 Å². The maximum absolute atomic E-state index is 13.2. The molecule has 1 aromatic carbocycles. The van der Waals surface area contributed by atoms with E-state index in [0.717, 1.165) is 12.0 Å². The Morgan fingerprint density at radius 2 is 1.90 bits per heavy atom. The number of amides is 3. The van der Waals surface area contributed by atoms with Gasteiger partial charge in [0.25, 0.3) is 5.91 Å². The zero-order valence-corrected chi connectivity index (χ0v) is 19.0. The van der Waals surface area contributed by atoms with E-state index in [4.69, 9.17) is 0 Å². The Labute approximate surface area is 182 Å². The summed E-state index contributed by atoms with van der Waals surface area (Å²) in [7, 11) is 0. The van der Waals surface area contributed by atoms with Gasteiger partial charge in [-0.15, -0.1) is 11.8 Å². The van der Waals surface area contributed by atoms with Crippen LogP contribution in [0.2, 0.25) is 0 Å². The highest BCUT2D eigenvalue weighted by Crippen LogP contribution is 2.56. The van der Waals surface area contributed by atoms with Crippen LogP contribution >= 0.6 is 11.8 Å². The molecule has 5 atom stereocenters. The second kappa shape index (κ2) is 8.59. The van der Waals surface area contributed by atoms with E-state index in [1.54, 1.807) is 29.7 Å². The van der Waals surface area contributed by atoms with Crippen LogP contribution in [0.25, 0.3) is 0 Å². The molecule has 7 nitrogen and oxygen atoms in total. The molecule has 0 spiro atoms. The fraction of sp³-hybridized carbons (Fsp3) is 0.591. The molecule has 164 valence electrons. The van der Waals surface area contributed by atoms with Gasteiger partial charge in [-0.2, -0.15) is 0 Å². The third-order valence-corrected chi connectivity index (χ3v) is 7.69. The predicted octanol–water partition coefficient (Wildman–Crippen LogP) is 2.06. The Balaban J connectivity index is 1.73. The van der Waals surface area contributed by atoms with E-state index >= 15 is 0 Å². The summed E-state index contributed by atoms with van der Waals surface area (Å²) >= 11 is 1.59. The van der Waals surface area contributed by atoms with Crippen LogP contribution in [0.4, 0.5) is 0 Å². The summed E-state index contributed by atoms with van der Waals surface area (Å²) < 4.78 is -0.501. The standard InChI is InChI=1S/C22H31N3O4S/c1-6-12(2)16(11-26)24-18(27)13(3)23-19(28)17-22(4,5)30-21-15-10-8-7-9-14(15)20(29)25(17)21/h7-10,12-13,16-17,21,26H,6,11H2,1-5H3,(H,23,28)(H,24,27)/t12-,13+,16-,17+,21+/m1/s1. The smallest absolute Gasteiger partial charge is 0.256 e. The summed E-state index contributed by atoms with van der Waals surface area (Å²) in [5.41, 5.74) is 1.56. The molecule has 2 aliphatic heterocycles. The molecule has 0 unspecified atom stereocenters. The molecule has 0 aromatic heterocycles. The number of rotatable bonds is 7. The molecule has 0 aliphatic carbocycles. The van der Waals surface area contributed by atoms with Gasteiger partial charge in [-0.1, -0.05) is 38.5 Å². The number of hydrogen-bond acceptors (Lipinski definition) is 5. The highest BCUT2D eigenvalue weighted by molar-refractivity contribution is 8.01. The van der Waals surface area contributed by atoms with Gasteiger partial charge < -0.3 is 20.6 Å². The minimum Gasteiger partial charge on any atom is -0.394 e. The summed E-state index contributed by atoms with van der Waals surface area (Å²) in [6.07, 6.45) is 0.818. The number of thioether (sulfide) groups is 1. The van der Waals surface area contributed by atoms with Gasteiger partial charge in [-0.25, -0.2) is 0 Å². The Bertz CT molecular complexity index is 843. The number of nitrogens with zero attached hydrogens (tertiary/aromatic N) is 1. The Morgan fingerprint density at radius 1 is 1.23 bits per heavy atom. The van der Waals surface area contributed by atoms with Crippen LogP contribution < -0.4 is 10.6 Å². The average molecular weight is 434 g/mol. The normalized spacial score (nSPS) is 24.6. The molecule has 2 aliphatic rings. The minimum absolute atomic E-state index is 0.119. The predicted molar refractivity (Wildman–Crippen MR) is 117 cm³/mol. The first kappa shape index (κ1) is 22.6. The van der Waals surface area contributed by atoms with E-state index in [2.05, 4.69) is 10.6 Å². The van der Waals surface area contributed by atoms with E-state index in [1.807, 2.05) is 45.9 Å². The van der Waals surface area contributed by atoms with Crippen molar-refractivity contribution >= 4 is 29.5 Å². The number of aliphatic hydroxyl groups excluding tert-OH is 1. The van der Waals surface area contributed by atoms with Gasteiger partial charge in [-0.3, -0.25) is 14.4 Å². The lowest BCUT2D eigenvalue weighted by Gasteiger charge is -2.31. The van der Waals surface area contributed by atoms with E-state index in [1.165, 1.54) is 0 Å². The van der Waals surface area contributed by atoms with Crippen molar-refractivity contribution < 1.29 is 19.5 Å². The number of fused-ring (bicyclic) bond motifs is 3. The van der Waals surface area contributed by atoms with Gasteiger partial charge in [0, 0.05) is 10.3 Å². The maximum atomic E-state index is 13.2. The first-order chi connectivity index (χ1) is 14.1. The van der Waals surface area contributed by atoms with Crippen molar-refractivity contribution in [1.29, 1.82) is 0 Å². The molecule has 3 amide bonds. The van der Waals surface area contributed by atoms with Gasteiger partial charge in [0.2, 0.25) is 11.8 Å². The van der Waals surface area contributed by atoms with Gasteiger partial charge >= 0.3 is 0 Å². The lowest BCUT2D eigenvalue weighted by molar-refractivity contribution is -0.132. The van der Waals surface area contributed by atoms with Crippen LogP contribution in [0.1, 0.15) is 62.3 Å². The van der Waals surface area contributed by atoms with Crippen LogP contribution in [-0.2, 0) is 9.59 Å². The van der Waals surface area contributed by atoms with Gasteiger partial charge in [-0.05, 0) is 38.3 Å². The highest BCUT2D eigenvalue weighted by Gasteiger charge is 2.57. The number of carbonyl (C=O) groups is 3. The molecule has 30 heavy (non-hydrogen) atoms. The number of hydrogen-bond donors (Lipinski definition) is 3. The van der Waals surface area contributed by atoms with Crippen molar-refractivity contribution in [2.75, 3.05) is 6.61 Å². The number of nitrogens with one attached hydrogen (secondary N) is 2. The summed E-state index contributed by atoms with van der Waals surface area (Å²) in [4.78, 5) is 40.5. The van der Waals surface area contributed by atoms with Crippen molar-refractivity contribution in [3.05, 3.63) is 35.4 Å². The Hall–Kier alpha value is -2.06. The van der Waals surface area contributed by atoms with E-state index in [9.17, 15) is 19.5 Å². The first-order valence-electron chi connectivity index (χ1n) is 10.4. The Kier molecular flexibility index (Phi) is 6.48. The van der Waals surface area contributed by atoms with Crippen molar-refractivity contribution in [3.63, 3.8) is 0 Å². The van der Waals surface area contributed by atoms with Crippen LogP contribution in [0, 0.1) is 5.92 Å². The minimum atomic E-state index is -0.782. The van der Waals surface area contributed by atoms with E-state index in [-0.39, 0.29) is 41.7 Å². The monoisotopic (exact) mass is 433 g/mol. The SMILES string of the molecule is CC[C@@H](C)[C@@H](CO)NC(=O)[C@H](C)NC(=O)[C@@H]1N2C(=O)c3ccccc3[C@@H]2SC1(C)C. The summed E-state index contributed by atoms with van der Waals surface area (Å²) in [5, 5.41) is 14.9. The Morgan fingerprint density at radius 3 is 2.53 bits per heavy atom. The van der Waals surface area contributed by atoms with Gasteiger partial charge in [0.15, 0.2) is 0 Å². The molecule has 0 bridgehead atoms. The van der Waals surface area contributed by atoms with Crippen LogP contribution in [-0.4, -0.2) is 57.2 Å². The molecule has 2 heterocycles. The average Bonchev–Trinajstić information content (AvgIpc) is 3.14. The van der Waals surface area contributed by atoms with Crippen molar-refractivity contribution in [1.82, 2.24) is 15.5 Å². The maximum Gasteiger partial charge on any atom is 0.256 e. The molecule has 1 saturated heterocycles. The van der Waals surface area contributed by atoms with E-state index < -0.39 is 16.8 Å². The van der Waals surface area contributed by atoms with Crippen LogP contribution in [0.3, 0.4) is 0 Å². The highest BCUT2D eigenvalue weighted by atomic mass is 32.2. The lowest BCUT2D eigenvalue weighted by Crippen LogP contribution is -2.57. The summed E-state index contributed by atoms with van der Waals surface area (Å²) in [6, 6.07) is 5.61. The number of aliphatic hydroxyl groups is 1. The topological polar surface area (TPSA) is 98.7 Å². The third kappa shape index (κ3) is 3.95. The van der Waals surface area contributed by atoms with Crippen molar-refractivity contribution in [3.8, 4) is 0 Å². The van der Waals surface area contributed by atoms with Crippen LogP contribution in [0.15, 0.2) is 24.3 Å². The van der Waals surface area contributed by atoms with Crippen molar-refractivity contribution in [2.45, 2.75) is 69.3 Å². The second-order valence-electron chi connectivity index (χ2n) is 8.69. The number of carbonyl (C=O) groups excluding carboxylic acids is 3. The number of benzene rings is 1. The van der Waals surface area contributed by atoms with Crippen LogP contribution in [0.5, 0.6) is 0 Å². The molecular formula is C22H31N3O4S. The van der Waals surface area contributed by atoms with Crippen molar-refractivity contribution in [2.24, 2.45) is 5.92 Å². The quantitative estimate of drug-likeness (QED) is 0.611. The zero-order valence-electron chi connectivity index (χ0n) is 18.1. The molecule has 3 N–H and O–H groups in total.